The van der Waals surface area contributed by atoms with E-state index in [4.69, 9.17) is 31.8 Å². The van der Waals surface area contributed by atoms with Crippen molar-refractivity contribution in [2.75, 3.05) is 32.0 Å². The van der Waals surface area contributed by atoms with Gasteiger partial charge in [-0.3, -0.25) is 4.79 Å². The number of carbonyl (C=O) groups is 2. The number of nitrogens with one attached hydrogen (secondary N) is 2. The van der Waals surface area contributed by atoms with Gasteiger partial charge in [-0.15, -0.1) is 0 Å². The highest BCUT2D eigenvalue weighted by molar-refractivity contribution is 6.31. The van der Waals surface area contributed by atoms with Crippen molar-refractivity contribution in [3.63, 3.8) is 0 Å². The molecule has 0 aliphatic carbocycles. The minimum Gasteiger partial charge on any atom is -0.444 e. The fraction of sp³-hybridized carbons (Fsp3) is 0.370. The third-order valence-corrected chi connectivity index (χ3v) is 6.07. The number of aromatic amines is 1. The summed E-state index contributed by atoms with van der Waals surface area (Å²) >= 11 is 6.51. The van der Waals surface area contributed by atoms with Gasteiger partial charge in [0.2, 0.25) is 0 Å². The summed E-state index contributed by atoms with van der Waals surface area (Å²) in [6.07, 6.45) is -0.228. The van der Waals surface area contributed by atoms with Crippen LogP contribution >= 0.6 is 11.6 Å². The van der Waals surface area contributed by atoms with Crippen LogP contribution in [0.2, 0.25) is 5.15 Å². The van der Waals surface area contributed by atoms with E-state index in [-0.39, 0.29) is 5.91 Å². The molecule has 2 aromatic carbocycles. The maximum absolute atomic E-state index is 13.0. The molecule has 9 nitrogen and oxygen atoms in total. The van der Waals surface area contributed by atoms with E-state index in [1.54, 1.807) is 43.9 Å². The van der Waals surface area contributed by atoms with Crippen LogP contribution in [0.4, 0.5) is 10.5 Å². The number of nitrogens with zero attached hydrogens (tertiary/aromatic N) is 2. The van der Waals surface area contributed by atoms with E-state index in [1.807, 2.05) is 30.3 Å². The second-order valence-corrected chi connectivity index (χ2v) is 10.3. The number of imidazole rings is 1. The van der Waals surface area contributed by atoms with Gasteiger partial charge >= 0.3 is 6.09 Å². The van der Waals surface area contributed by atoms with Crippen molar-refractivity contribution < 1.29 is 19.1 Å². The van der Waals surface area contributed by atoms with Gasteiger partial charge in [0.15, 0.2) is 0 Å². The number of ether oxygens (including phenoxy) is 2. The number of H-pyrrole nitrogens is 1. The van der Waals surface area contributed by atoms with Crippen LogP contribution in [0.5, 0.6) is 0 Å². The van der Waals surface area contributed by atoms with E-state index >= 15 is 0 Å². The van der Waals surface area contributed by atoms with Gasteiger partial charge in [0.05, 0.1) is 19.3 Å². The van der Waals surface area contributed by atoms with Gasteiger partial charge in [-0.2, -0.15) is 0 Å². The van der Waals surface area contributed by atoms with Crippen molar-refractivity contribution in [3.8, 4) is 11.3 Å². The number of nitrogens with two attached hydrogens (primary N) is 1. The van der Waals surface area contributed by atoms with Crippen LogP contribution in [0.15, 0.2) is 48.5 Å². The largest absolute Gasteiger partial charge is 0.444 e. The highest BCUT2D eigenvalue weighted by Gasteiger charge is 2.25. The molecule has 196 valence electrons. The average molecular weight is 526 g/mol. The summed E-state index contributed by atoms with van der Waals surface area (Å²) in [6.45, 7) is 7.57. The van der Waals surface area contributed by atoms with E-state index in [9.17, 15) is 9.59 Å². The van der Waals surface area contributed by atoms with Crippen LogP contribution < -0.4 is 11.1 Å². The van der Waals surface area contributed by atoms with Crippen molar-refractivity contribution in [2.24, 2.45) is 0 Å². The SMILES string of the molecule is CC(C)(C)OC(=O)NC(Cc1cccc(C(=O)N2CCOCC2)c1)c1nc(-c2ccc(N)cc2)c(Cl)[nH]1. The summed E-state index contributed by atoms with van der Waals surface area (Å²) in [5, 5.41) is 3.25. The lowest BCUT2D eigenvalue weighted by Gasteiger charge is -2.27. The average Bonchev–Trinajstić information content (AvgIpc) is 3.25. The van der Waals surface area contributed by atoms with Crippen molar-refractivity contribution in [2.45, 2.75) is 38.8 Å². The third-order valence-electron chi connectivity index (χ3n) is 5.80. The fourth-order valence-corrected chi connectivity index (χ4v) is 4.30. The molecule has 10 heteroatoms. The number of aromatic nitrogens is 2. The van der Waals surface area contributed by atoms with Gasteiger partial charge in [-0.1, -0.05) is 35.9 Å². The Morgan fingerprint density at radius 3 is 2.57 bits per heavy atom. The molecule has 0 bridgehead atoms. The minimum absolute atomic E-state index is 0.0477. The Balaban J connectivity index is 1.61. The van der Waals surface area contributed by atoms with Crippen molar-refractivity contribution in [1.29, 1.82) is 0 Å². The van der Waals surface area contributed by atoms with E-state index < -0.39 is 17.7 Å². The first-order valence-corrected chi connectivity index (χ1v) is 12.5. The van der Waals surface area contributed by atoms with Crippen molar-refractivity contribution in [3.05, 3.63) is 70.6 Å². The maximum atomic E-state index is 13.0. The number of rotatable bonds is 6. The van der Waals surface area contributed by atoms with Crippen LogP contribution in [-0.2, 0) is 15.9 Å². The Kier molecular flexibility index (Phi) is 8.04. The minimum atomic E-state index is -0.672. The number of carbonyl (C=O) groups excluding carboxylic acids is 2. The van der Waals surface area contributed by atoms with Crippen LogP contribution in [0.1, 0.15) is 48.6 Å². The second kappa shape index (κ2) is 11.2. The quantitative estimate of drug-likeness (QED) is 0.404. The Morgan fingerprint density at radius 2 is 1.89 bits per heavy atom. The summed E-state index contributed by atoms with van der Waals surface area (Å²) in [7, 11) is 0. The van der Waals surface area contributed by atoms with Gasteiger partial charge < -0.3 is 30.4 Å². The highest BCUT2D eigenvalue weighted by atomic mass is 35.5. The molecule has 0 spiro atoms. The van der Waals surface area contributed by atoms with E-state index in [0.29, 0.717) is 60.6 Å². The molecule has 3 aromatic rings. The maximum Gasteiger partial charge on any atom is 0.408 e. The van der Waals surface area contributed by atoms with E-state index in [2.05, 4.69) is 10.3 Å². The predicted octanol–water partition coefficient (Wildman–Crippen LogP) is 4.59. The lowest BCUT2D eigenvalue weighted by molar-refractivity contribution is 0.0302. The Morgan fingerprint density at radius 1 is 1.19 bits per heavy atom. The monoisotopic (exact) mass is 525 g/mol. The molecule has 1 saturated heterocycles. The number of benzene rings is 2. The topological polar surface area (TPSA) is 123 Å². The third kappa shape index (κ3) is 7.02. The zero-order valence-electron chi connectivity index (χ0n) is 21.2. The van der Waals surface area contributed by atoms with Crippen LogP contribution in [-0.4, -0.2) is 58.8 Å². The zero-order chi connectivity index (χ0) is 26.6. The summed E-state index contributed by atoms with van der Waals surface area (Å²) in [4.78, 5) is 35.3. The molecule has 1 atom stereocenters. The molecule has 1 aliphatic rings. The number of alkyl carbamates (subject to hydrolysis) is 1. The van der Waals surface area contributed by atoms with Crippen LogP contribution in [0.3, 0.4) is 0 Å². The molecule has 4 N–H and O–H groups in total. The number of anilines is 1. The first kappa shape index (κ1) is 26.5. The normalized spacial score (nSPS) is 14.8. The van der Waals surface area contributed by atoms with E-state index in [0.717, 1.165) is 11.1 Å². The number of hydrogen-bond donors (Lipinski definition) is 3. The number of amides is 2. The van der Waals surface area contributed by atoms with E-state index in [1.165, 1.54) is 0 Å². The van der Waals surface area contributed by atoms with Crippen LogP contribution in [0, 0.1) is 0 Å². The number of hydrogen-bond acceptors (Lipinski definition) is 6. The smallest absolute Gasteiger partial charge is 0.408 e. The fourth-order valence-electron chi connectivity index (χ4n) is 4.05. The molecule has 37 heavy (non-hydrogen) atoms. The lowest BCUT2D eigenvalue weighted by Crippen LogP contribution is -2.40. The first-order valence-electron chi connectivity index (χ1n) is 12.2. The molecule has 1 aliphatic heterocycles. The molecule has 2 amide bonds. The number of morpholine rings is 1. The summed E-state index contributed by atoms with van der Waals surface area (Å²) in [6, 6.07) is 14.0. The molecule has 1 fully saturated rings. The molecule has 0 saturated carbocycles. The molecular formula is C27H32ClN5O4. The molecule has 1 unspecified atom stereocenters. The Bertz CT molecular complexity index is 1250. The molecule has 0 radical (unpaired) electrons. The summed E-state index contributed by atoms with van der Waals surface area (Å²) in [5.41, 5.74) is 8.53. The Labute approximate surface area is 221 Å². The van der Waals surface area contributed by atoms with Crippen LogP contribution in [0.25, 0.3) is 11.3 Å². The number of halogens is 1. The first-order chi connectivity index (χ1) is 17.6. The molecule has 4 rings (SSSR count). The molecule has 2 heterocycles. The lowest BCUT2D eigenvalue weighted by atomic mass is 10.0. The summed E-state index contributed by atoms with van der Waals surface area (Å²) in [5.74, 6) is 0.418. The van der Waals surface area contributed by atoms with Crippen molar-refractivity contribution in [1.82, 2.24) is 20.2 Å². The highest BCUT2D eigenvalue weighted by Crippen LogP contribution is 2.29. The van der Waals surface area contributed by atoms with Gasteiger partial charge in [-0.25, -0.2) is 9.78 Å². The standard InChI is InChI=1S/C27H32ClN5O4/c1-27(2,3)37-26(35)30-21(24-31-22(23(28)32-24)18-7-9-20(29)10-8-18)16-17-5-4-6-19(15-17)25(34)33-11-13-36-14-12-33/h4-10,15,21H,11-14,16,29H2,1-3H3,(H,30,35)(H,31,32). The molecule has 1 aromatic heterocycles. The van der Waals surface area contributed by atoms with Gasteiger partial charge in [0, 0.05) is 36.3 Å². The second-order valence-electron chi connectivity index (χ2n) is 9.91. The molecular weight excluding hydrogens is 494 g/mol. The van der Waals surface area contributed by atoms with Gasteiger partial charge in [-0.05, 0) is 50.6 Å². The summed E-state index contributed by atoms with van der Waals surface area (Å²) < 4.78 is 10.9. The van der Waals surface area contributed by atoms with Gasteiger partial charge in [0.25, 0.3) is 5.91 Å². The zero-order valence-corrected chi connectivity index (χ0v) is 22.0. The Hall–Kier alpha value is -3.56. The number of nitrogen functional groups attached to an aromatic ring is 1. The van der Waals surface area contributed by atoms with Gasteiger partial charge in [0.1, 0.15) is 22.3 Å². The van der Waals surface area contributed by atoms with Crippen molar-refractivity contribution >= 4 is 29.3 Å². The predicted molar refractivity (Wildman–Crippen MR) is 142 cm³/mol.